The highest BCUT2D eigenvalue weighted by atomic mass is 16.6. The van der Waals surface area contributed by atoms with Gasteiger partial charge in [0.1, 0.15) is 5.60 Å². The van der Waals surface area contributed by atoms with Crippen molar-refractivity contribution in [1.29, 1.82) is 0 Å². The molecule has 0 aromatic rings. The number of carbonyl (C=O) groups excluding carboxylic acids is 1. The molecule has 0 spiro atoms. The summed E-state index contributed by atoms with van der Waals surface area (Å²) in [5, 5.41) is 0. The van der Waals surface area contributed by atoms with Crippen LogP contribution < -0.4 is 0 Å². The van der Waals surface area contributed by atoms with E-state index in [0.717, 1.165) is 5.92 Å². The van der Waals surface area contributed by atoms with Crippen LogP contribution in [0.1, 0.15) is 85.5 Å². The normalized spacial score (nSPS) is 45.4. The van der Waals surface area contributed by atoms with Crippen molar-refractivity contribution >= 4 is 5.97 Å². The SMILES string of the molecule is C=C(C)C(=O)OC1(C2CCC(C)(C)CC2)C2CC3CC1CC(C)(C3)C2. The summed E-state index contributed by atoms with van der Waals surface area (Å²) in [4.78, 5) is 12.7. The van der Waals surface area contributed by atoms with Gasteiger partial charge in [-0.05, 0) is 87.4 Å². The molecule has 0 aliphatic heterocycles. The quantitative estimate of drug-likeness (QED) is 0.470. The van der Waals surface area contributed by atoms with Gasteiger partial charge in [-0.3, -0.25) is 0 Å². The van der Waals surface area contributed by atoms with E-state index in [1.54, 1.807) is 6.92 Å². The average molecular weight is 345 g/mol. The van der Waals surface area contributed by atoms with Crippen LogP contribution in [0.3, 0.4) is 0 Å². The van der Waals surface area contributed by atoms with Crippen molar-refractivity contribution < 1.29 is 9.53 Å². The fourth-order valence-electron chi connectivity index (χ4n) is 7.41. The molecule has 0 aromatic carbocycles. The van der Waals surface area contributed by atoms with Gasteiger partial charge in [0.25, 0.3) is 0 Å². The topological polar surface area (TPSA) is 26.3 Å². The third kappa shape index (κ3) is 2.79. The molecule has 2 atom stereocenters. The monoisotopic (exact) mass is 344 g/mol. The molecule has 2 heteroatoms. The number of esters is 1. The van der Waals surface area contributed by atoms with Crippen LogP contribution in [0, 0.1) is 34.5 Å². The summed E-state index contributed by atoms with van der Waals surface area (Å²) >= 11 is 0. The first-order chi connectivity index (χ1) is 11.6. The smallest absolute Gasteiger partial charge is 0.333 e. The van der Waals surface area contributed by atoms with Gasteiger partial charge in [-0.2, -0.15) is 0 Å². The molecule has 5 aliphatic rings. The standard InChI is InChI=1S/C23H36O2/c1-15(2)20(24)25-23(17-6-8-21(3,4)9-7-17)18-10-16-11-19(23)14-22(5,12-16)13-18/h16-19H,1,6-14H2,2-5H3. The Balaban J connectivity index is 1.68. The summed E-state index contributed by atoms with van der Waals surface area (Å²) in [6, 6.07) is 0. The van der Waals surface area contributed by atoms with Crippen molar-refractivity contribution in [3.63, 3.8) is 0 Å². The molecular weight excluding hydrogens is 308 g/mol. The predicted molar refractivity (Wildman–Crippen MR) is 101 cm³/mol. The molecule has 0 aromatic heterocycles. The van der Waals surface area contributed by atoms with Crippen LogP contribution in [0.25, 0.3) is 0 Å². The molecule has 0 N–H and O–H groups in total. The fourth-order valence-corrected chi connectivity index (χ4v) is 7.41. The first-order valence-corrected chi connectivity index (χ1v) is 10.5. The molecule has 2 unspecified atom stereocenters. The Hall–Kier alpha value is -0.790. The van der Waals surface area contributed by atoms with Crippen LogP contribution in [-0.2, 0) is 9.53 Å². The maximum Gasteiger partial charge on any atom is 0.333 e. The van der Waals surface area contributed by atoms with Crippen LogP contribution in [0.5, 0.6) is 0 Å². The zero-order chi connectivity index (χ0) is 18.0. The Morgan fingerprint density at radius 2 is 1.52 bits per heavy atom. The number of ether oxygens (including phenoxy) is 1. The molecule has 140 valence electrons. The van der Waals surface area contributed by atoms with E-state index in [9.17, 15) is 4.79 Å². The number of hydrogen-bond acceptors (Lipinski definition) is 2. The number of hydrogen-bond donors (Lipinski definition) is 0. The molecule has 4 bridgehead atoms. The van der Waals surface area contributed by atoms with E-state index in [1.807, 2.05) is 0 Å². The maximum atomic E-state index is 12.7. The van der Waals surface area contributed by atoms with Crippen LogP contribution in [0.2, 0.25) is 0 Å². The van der Waals surface area contributed by atoms with E-state index in [1.165, 1.54) is 57.8 Å². The molecule has 5 rings (SSSR count). The Morgan fingerprint density at radius 3 is 2.00 bits per heavy atom. The highest BCUT2D eigenvalue weighted by Crippen LogP contribution is 2.67. The minimum absolute atomic E-state index is 0.137. The average Bonchev–Trinajstić information content (AvgIpc) is 2.49. The number of rotatable bonds is 3. The van der Waals surface area contributed by atoms with Crippen molar-refractivity contribution in [1.82, 2.24) is 0 Å². The van der Waals surface area contributed by atoms with Crippen molar-refractivity contribution in [2.75, 3.05) is 0 Å². The minimum Gasteiger partial charge on any atom is -0.455 e. The predicted octanol–water partition coefficient (Wildman–Crippen LogP) is 5.91. The molecule has 0 radical (unpaired) electrons. The van der Waals surface area contributed by atoms with Crippen LogP contribution >= 0.6 is 0 Å². The van der Waals surface area contributed by atoms with Gasteiger partial charge in [-0.15, -0.1) is 0 Å². The van der Waals surface area contributed by atoms with Crippen molar-refractivity contribution in [3.8, 4) is 0 Å². The molecule has 0 amide bonds. The van der Waals surface area contributed by atoms with Gasteiger partial charge >= 0.3 is 5.97 Å². The van der Waals surface area contributed by atoms with E-state index in [2.05, 4.69) is 27.4 Å². The second-order valence-corrected chi connectivity index (χ2v) is 11.1. The van der Waals surface area contributed by atoms with Gasteiger partial charge in [0.15, 0.2) is 0 Å². The van der Waals surface area contributed by atoms with E-state index < -0.39 is 0 Å². The fraction of sp³-hybridized carbons (Fsp3) is 0.870. The summed E-state index contributed by atoms with van der Waals surface area (Å²) in [5.74, 6) is 2.46. The summed E-state index contributed by atoms with van der Waals surface area (Å²) in [6.07, 6.45) is 11.5. The Bertz CT molecular complexity index is 561. The Morgan fingerprint density at radius 1 is 0.960 bits per heavy atom. The highest BCUT2D eigenvalue weighted by molar-refractivity contribution is 5.87. The van der Waals surface area contributed by atoms with Crippen LogP contribution in [-0.4, -0.2) is 11.6 Å². The molecule has 25 heavy (non-hydrogen) atoms. The minimum atomic E-state index is -0.192. The van der Waals surface area contributed by atoms with Gasteiger partial charge in [0, 0.05) is 17.4 Å². The molecular formula is C23H36O2. The third-order valence-electron chi connectivity index (χ3n) is 8.37. The molecule has 5 aliphatic carbocycles. The summed E-state index contributed by atoms with van der Waals surface area (Å²) in [7, 11) is 0. The zero-order valence-electron chi connectivity index (χ0n) is 16.7. The summed E-state index contributed by atoms with van der Waals surface area (Å²) in [6.45, 7) is 13.0. The van der Waals surface area contributed by atoms with Crippen molar-refractivity contribution in [2.45, 2.75) is 91.1 Å². The van der Waals surface area contributed by atoms with Crippen LogP contribution in [0.15, 0.2) is 12.2 Å². The van der Waals surface area contributed by atoms with E-state index in [0.29, 0.717) is 34.2 Å². The lowest BCUT2D eigenvalue weighted by atomic mass is 9.42. The number of carbonyl (C=O) groups is 1. The Labute approximate surface area is 153 Å². The van der Waals surface area contributed by atoms with Gasteiger partial charge in [-0.25, -0.2) is 4.79 Å². The second-order valence-electron chi connectivity index (χ2n) is 11.1. The van der Waals surface area contributed by atoms with Gasteiger partial charge < -0.3 is 4.74 Å². The lowest BCUT2D eigenvalue weighted by molar-refractivity contribution is -0.244. The molecule has 5 saturated carbocycles. The van der Waals surface area contributed by atoms with Crippen molar-refractivity contribution in [2.24, 2.45) is 34.5 Å². The van der Waals surface area contributed by atoms with Gasteiger partial charge in [-0.1, -0.05) is 27.4 Å². The largest absolute Gasteiger partial charge is 0.455 e. The molecule has 2 nitrogen and oxygen atoms in total. The van der Waals surface area contributed by atoms with Gasteiger partial charge in [0.2, 0.25) is 0 Å². The van der Waals surface area contributed by atoms with Crippen LogP contribution in [0.4, 0.5) is 0 Å². The highest BCUT2D eigenvalue weighted by Gasteiger charge is 2.65. The second kappa shape index (κ2) is 5.60. The van der Waals surface area contributed by atoms with Crippen molar-refractivity contribution in [3.05, 3.63) is 12.2 Å². The Kier molecular flexibility index (Phi) is 3.95. The van der Waals surface area contributed by atoms with Gasteiger partial charge in [0.05, 0.1) is 0 Å². The molecule has 0 heterocycles. The van der Waals surface area contributed by atoms with E-state index in [4.69, 9.17) is 4.74 Å². The third-order valence-corrected chi connectivity index (χ3v) is 8.37. The summed E-state index contributed by atoms with van der Waals surface area (Å²) < 4.78 is 6.49. The molecule has 5 fully saturated rings. The van der Waals surface area contributed by atoms with E-state index >= 15 is 0 Å². The first kappa shape index (κ1) is 17.6. The van der Waals surface area contributed by atoms with E-state index in [-0.39, 0.29) is 11.6 Å². The maximum absolute atomic E-state index is 12.7. The lowest BCUT2D eigenvalue weighted by Gasteiger charge is -2.66. The molecule has 0 saturated heterocycles. The zero-order valence-corrected chi connectivity index (χ0v) is 16.7. The summed E-state index contributed by atoms with van der Waals surface area (Å²) in [5.41, 5.74) is 1.33. The lowest BCUT2D eigenvalue weighted by Crippen LogP contribution is -2.65. The first-order valence-electron chi connectivity index (χ1n) is 10.5.